The number of carbonyl (C=O) groups excluding carboxylic acids is 1. The van der Waals surface area contributed by atoms with Crippen LogP contribution in [0, 0.1) is 46.3 Å². The molecule has 3 atom stereocenters. The Balaban J connectivity index is 0.927. The summed E-state index contributed by atoms with van der Waals surface area (Å²) < 4.78 is 14.1. The fourth-order valence-corrected chi connectivity index (χ4v) is 7.57. The lowest BCUT2D eigenvalue weighted by molar-refractivity contribution is 0.0908. The maximum Gasteiger partial charge on any atom is 0.321 e. The van der Waals surface area contributed by atoms with E-state index in [1.54, 1.807) is 6.33 Å². The van der Waals surface area contributed by atoms with Crippen molar-refractivity contribution in [3.05, 3.63) is 36.3 Å². The molecule has 4 heterocycles. The molecule has 0 bridgehead atoms. The highest BCUT2D eigenvalue weighted by Gasteiger charge is 2.88. The van der Waals surface area contributed by atoms with Crippen LogP contribution in [0.1, 0.15) is 67.7 Å². The number of rotatable bonds is 11. The Bertz CT molecular complexity index is 1650. The summed E-state index contributed by atoms with van der Waals surface area (Å²) in [5.41, 5.74) is 2.88. The van der Waals surface area contributed by atoms with Crippen molar-refractivity contribution in [3.8, 4) is 29.1 Å². The van der Waals surface area contributed by atoms with Gasteiger partial charge >= 0.3 is 6.01 Å². The third kappa shape index (κ3) is 4.62. The second kappa shape index (κ2) is 9.46. The Labute approximate surface area is 250 Å². The van der Waals surface area contributed by atoms with Gasteiger partial charge in [0, 0.05) is 44.5 Å². The summed E-state index contributed by atoms with van der Waals surface area (Å²) in [6.07, 6.45) is 13.2. The smallest absolute Gasteiger partial charge is 0.321 e. The number of ketones is 1. The standard InChI is InChI=1S/C32H36N8O3/c1-20-26(9-22(13-34-20)24-14-39(2)19-35-24)42-15-21-3-7-40(8-4-21)28-36-27(25(41)12-31-10-23-11-32(23,31)16-31)37-29(38-28)43-18-30(17-33)5-6-30/h9,13-14,19,21,23H,3-8,10-12,15-16,18H2,1-2H3. The van der Waals surface area contributed by atoms with Crippen molar-refractivity contribution in [1.82, 2.24) is 29.5 Å². The molecular weight excluding hydrogens is 544 g/mol. The van der Waals surface area contributed by atoms with Crippen molar-refractivity contribution in [2.45, 2.75) is 58.3 Å². The molecule has 1 saturated heterocycles. The molecule has 4 aliphatic carbocycles. The van der Waals surface area contributed by atoms with Gasteiger partial charge in [0.15, 0.2) is 0 Å². The van der Waals surface area contributed by atoms with Crippen LogP contribution < -0.4 is 14.4 Å². The molecule has 8 rings (SSSR count). The minimum atomic E-state index is -0.452. The van der Waals surface area contributed by atoms with Crippen LogP contribution in [-0.4, -0.2) is 61.6 Å². The topological polar surface area (TPSA) is 132 Å². The summed E-state index contributed by atoms with van der Waals surface area (Å²) in [7, 11) is 1.95. The van der Waals surface area contributed by atoms with E-state index in [4.69, 9.17) is 9.47 Å². The van der Waals surface area contributed by atoms with Gasteiger partial charge in [0.05, 0.1) is 35.8 Å². The molecule has 3 aromatic rings. The lowest BCUT2D eigenvalue weighted by atomic mass is 9.81. The van der Waals surface area contributed by atoms with Crippen molar-refractivity contribution < 1.29 is 14.3 Å². The molecular formula is C32H36N8O3. The van der Waals surface area contributed by atoms with Crippen LogP contribution in [-0.2, 0) is 7.05 Å². The lowest BCUT2D eigenvalue weighted by Gasteiger charge is -2.32. The zero-order valence-corrected chi connectivity index (χ0v) is 24.8. The van der Waals surface area contributed by atoms with Gasteiger partial charge in [-0.25, -0.2) is 4.98 Å². The fourth-order valence-electron chi connectivity index (χ4n) is 7.57. The highest BCUT2D eigenvalue weighted by Crippen LogP contribution is 2.95. The number of piperidine rings is 1. The van der Waals surface area contributed by atoms with Crippen LogP contribution in [0.5, 0.6) is 11.8 Å². The van der Waals surface area contributed by atoms with E-state index in [-0.39, 0.29) is 29.6 Å². The van der Waals surface area contributed by atoms with Crippen molar-refractivity contribution in [3.63, 3.8) is 0 Å². The number of aromatic nitrogens is 6. The molecule has 11 nitrogen and oxygen atoms in total. The van der Waals surface area contributed by atoms with E-state index in [1.807, 2.05) is 37.0 Å². The number of imidazole rings is 1. The maximum absolute atomic E-state index is 13.4. The van der Waals surface area contributed by atoms with E-state index in [0.29, 0.717) is 30.3 Å². The molecule has 3 unspecified atom stereocenters. The van der Waals surface area contributed by atoms with Gasteiger partial charge in [-0.15, -0.1) is 0 Å². The highest BCUT2D eigenvalue weighted by molar-refractivity contribution is 5.94. The zero-order chi connectivity index (χ0) is 29.4. The molecule has 222 valence electrons. The van der Waals surface area contributed by atoms with E-state index in [1.165, 1.54) is 19.3 Å². The van der Waals surface area contributed by atoms with E-state index in [0.717, 1.165) is 67.4 Å². The van der Waals surface area contributed by atoms with E-state index >= 15 is 0 Å². The Hall–Kier alpha value is -4.07. The monoisotopic (exact) mass is 580 g/mol. The number of ether oxygens (including phenoxy) is 2. The minimum absolute atomic E-state index is 0.0164. The van der Waals surface area contributed by atoms with E-state index in [9.17, 15) is 10.1 Å². The van der Waals surface area contributed by atoms with E-state index < -0.39 is 5.41 Å². The van der Waals surface area contributed by atoms with Crippen LogP contribution in [0.15, 0.2) is 24.8 Å². The van der Waals surface area contributed by atoms with Crippen LogP contribution in [0.3, 0.4) is 0 Å². The third-order valence-corrected chi connectivity index (χ3v) is 10.8. The maximum atomic E-state index is 13.4. The van der Waals surface area contributed by atoms with Crippen molar-refractivity contribution in [2.75, 3.05) is 31.2 Å². The SMILES string of the molecule is Cc1ncc(-c2cn(C)cn2)cc1OCC1CCN(c2nc(OCC3(C#N)CC3)nc(C(=O)CC34CC5CC53C4)n2)CC1. The second-order valence-corrected chi connectivity index (χ2v) is 13.7. The van der Waals surface area contributed by atoms with Crippen LogP contribution in [0.2, 0.25) is 0 Å². The number of hydrogen-bond donors (Lipinski definition) is 0. The molecule has 4 saturated carbocycles. The molecule has 11 heteroatoms. The Morgan fingerprint density at radius 1 is 1.14 bits per heavy atom. The minimum Gasteiger partial charge on any atom is -0.491 e. The van der Waals surface area contributed by atoms with Gasteiger partial charge in [-0.1, -0.05) is 0 Å². The number of aryl methyl sites for hydroxylation is 2. The van der Waals surface area contributed by atoms with Gasteiger partial charge < -0.3 is 18.9 Å². The first-order valence-electron chi connectivity index (χ1n) is 15.5. The predicted molar refractivity (Wildman–Crippen MR) is 155 cm³/mol. The Morgan fingerprint density at radius 2 is 1.98 bits per heavy atom. The summed E-state index contributed by atoms with van der Waals surface area (Å²) in [4.78, 5) is 38.2. The van der Waals surface area contributed by atoms with Gasteiger partial charge in [-0.05, 0) is 80.6 Å². The van der Waals surface area contributed by atoms with Gasteiger partial charge in [0.25, 0.3) is 0 Å². The molecule has 5 fully saturated rings. The number of pyridine rings is 1. The largest absolute Gasteiger partial charge is 0.491 e. The van der Waals surface area contributed by atoms with Crippen molar-refractivity contribution in [1.29, 1.82) is 5.26 Å². The van der Waals surface area contributed by atoms with Crippen LogP contribution in [0.4, 0.5) is 5.95 Å². The molecule has 0 radical (unpaired) electrons. The quantitative estimate of drug-likeness (QED) is 0.302. The molecule has 1 spiro atoms. The number of anilines is 1. The van der Waals surface area contributed by atoms with Gasteiger partial charge in [0.1, 0.15) is 12.4 Å². The lowest BCUT2D eigenvalue weighted by Crippen LogP contribution is -2.37. The molecule has 3 aromatic heterocycles. The average molecular weight is 581 g/mol. The Morgan fingerprint density at radius 3 is 2.63 bits per heavy atom. The summed E-state index contributed by atoms with van der Waals surface area (Å²) in [5, 5.41) is 9.49. The molecule has 0 aromatic carbocycles. The summed E-state index contributed by atoms with van der Waals surface area (Å²) >= 11 is 0. The van der Waals surface area contributed by atoms with Crippen molar-refractivity contribution >= 4 is 11.7 Å². The first-order chi connectivity index (χ1) is 20.8. The highest BCUT2D eigenvalue weighted by atomic mass is 16.5. The number of hydrogen-bond acceptors (Lipinski definition) is 10. The Kier molecular flexibility index (Phi) is 5.84. The van der Waals surface area contributed by atoms with Gasteiger partial charge in [-0.3, -0.25) is 9.78 Å². The van der Waals surface area contributed by atoms with Gasteiger partial charge in [-0.2, -0.15) is 20.2 Å². The third-order valence-electron chi connectivity index (χ3n) is 10.8. The number of carbonyl (C=O) groups is 1. The molecule has 0 amide bonds. The normalized spacial score (nSPS) is 27.7. The predicted octanol–water partition coefficient (Wildman–Crippen LogP) is 4.33. The molecule has 0 N–H and O–H groups in total. The number of Topliss-reactive ketones (excluding diaryl/α,β-unsaturated/α-hetero) is 1. The molecule has 5 aliphatic rings. The summed E-state index contributed by atoms with van der Waals surface area (Å²) in [5.74, 6) is 2.66. The first kappa shape index (κ1) is 26.5. The first-order valence-corrected chi connectivity index (χ1v) is 15.5. The van der Waals surface area contributed by atoms with Crippen molar-refractivity contribution in [2.24, 2.45) is 35.1 Å². The summed E-state index contributed by atoms with van der Waals surface area (Å²) in [6, 6.07) is 4.51. The zero-order valence-electron chi connectivity index (χ0n) is 24.8. The van der Waals surface area contributed by atoms with Gasteiger partial charge in [0.2, 0.25) is 17.6 Å². The average Bonchev–Trinajstić information content (AvgIpc) is 3.95. The number of nitrogens with zero attached hydrogens (tertiary/aromatic N) is 8. The van der Waals surface area contributed by atoms with Crippen LogP contribution in [0.25, 0.3) is 11.3 Å². The number of nitriles is 1. The molecule has 1 aliphatic heterocycles. The van der Waals surface area contributed by atoms with Crippen LogP contribution >= 0.6 is 0 Å². The fraction of sp³-hybridized carbons (Fsp3) is 0.594. The second-order valence-electron chi connectivity index (χ2n) is 13.7. The molecule has 43 heavy (non-hydrogen) atoms. The summed E-state index contributed by atoms with van der Waals surface area (Å²) in [6.45, 7) is 4.28. The van der Waals surface area contributed by atoms with E-state index in [2.05, 4.69) is 35.9 Å².